The lowest BCUT2D eigenvalue weighted by molar-refractivity contribution is -0.132. The number of rotatable bonds is 7. The van der Waals surface area contributed by atoms with Gasteiger partial charge >= 0.3 is 0 Å². The quantitative estimate of drug-likeness (QED) is 0.756. The number of oxazole rings is 1. The van der Waals surface area contributed by atoms with Crippen LogP contribution in [-0.2, 0) is 17.8 Å². The maximum Gasteiger partial charge on any atom is 0.223 e. The topological polar surface area (TPSA) is 52.8 Å². The highest BCUT2D eigenvalue weighted by molar-refractivity contribution is 5.76. The Bertz CT molecular complexity index is 553. The van der Waals surface area contributed by atoms with Gasteiger partial charge in [0.1, 0.15) is 5.76 Å². The van der Waals surface area contributed by atoms with Crippen molar-refractivity contribution in [3.63, 3.8) is 0 Å². The summed E-state index contributed by atoms with van der Waals surface area (Å²) in [7, 11) is 2.14. The van der Waals surface area contributed by atoms with Crippen LogP contribution in [0.15, 0.2) is 10.6 Å². The van der Waals surface area contributed by atoms with Crippen molar-refractivity contribution < 1.29 is 9.21 Å². The Morgan fingerprint density at radius 2 is 2.12 bits per heavy atom. The zero-order chi connectivity index (χ0) is 17.6. The van der Waals surface area contributed by atoms with E-state index < -0.39 is 0 Å². The van der Waals surface area contributed by atoms with E-state index in [4.69, 9.17) is 4.42 Å². The van der Waals surface area contributed by atoms with Crippen molar-refractivity contribution in [2.45, 2.75) is 58.0 Å². The van der Waals surface area contributed by atoms with Crippen molar-refractivity contribution in [3.05, 3.63) is 17.8 Å². The third kappa shape index (κ3) is 5.05. The number of hydrogen-bond donors (Lipinski definition) is 0. The lowest BCUT2D eigenvalue weighted by atomic mass is 10.1. The van der Waals surface area contributed by atoms with Crippen molar-refractivity contribution in [2.75, 3.05) is 39.8 Å². The maximum atomic E-state index is 12.3. The van der Waals surface area contributed by atoms with Gasteiger partial charge in [-0.05, 0) is 39.3 Å². The molecule has 6 nitrogen and oxygen atoms in total. The van der Waals surface area contributed by atoms with E-state index in [1.165, 1.54) is 19.3 Å². The van der Waals surface area contributed by atoms with Crippen molar-refractivity contribution in [3.8, 4) is 0 Å². The Labute approximate surface area is 151 Å². The first-order chi connectivity index (χ1) is 12.2. The van der Waals surface area contributed by atoms with E-state index in [0.29, 0.717) is 18.4 Å². The third-order valence-electron chi connectivity index (χ3n) is 5.56. The second-order valence-electron chi connectivity index (χ2n) is 7.42. The van der Waals surface area contributed by atoms with Crippen LogP contribution in [0.4, 0.5) is 0 Å². The van der Waals surface area contributed by atoms with Gasteiger partial charge < -0.3 is 14.2 Å². The van der Waals surface area contributed by atoms with E-state index in [1.807, 2.05) is 6.20 Å². The largest absolute Gasteiger partial charge is 0.444 e. The van der Waals surface area contributed by atoms with Crippen LogP contribution in [0.3, 0.4) is 0 Å². The summed E-state index contributed by atoms with van der Waals surface area (Å²) in [4.78, 5) is 23.5. The highest BCUT2D eigenvalue weighted by Crippen LogP contribution is 2.18. The number of aromatic nitrogens is 1. The highest BCUT2D eigenvalue weighted by Gasteiger charge is 2.27. The van der Waals surface area contributed by atoms with E-state index in [-0.39, 0.29) is 0 Å². The van der Waals surface area contributed by atoms with Crippen LogP contribution < -0.4 is 0 Å². The van der Waals surface area contributed by atoms with Gasteiger partial charge in [-0.2, -0.15) is 0 Å². The molecule has 0 saturated carbocycles. The van der Waals surface area contributed by atoms with Gasteiger partial charge in [0.05, 0.1) is 12.7 Å². The van der Waals surface area contributed by atoms with Gasteiger partial charge in [0.15, 0.2) is 0 Å². The summed E-state index contributed by atoms with van der Waals surface area (Å²) in [6, 6.07) is 0.516. The van der Waals surface area contributed by atoms with Gasteiger partial charge in [0, 0.05) is 45.1 Å². The van der Waals surface area contributed by atoms with Crippen LogP contribution in [0, 0.1) is 0 Å². The van der Waals surface area contributed by atoms with Crippen molar-refractivity contribution in [1.29, 1.82) is 0 Å². The number of likely N-dealkylation sites (tertiary alicyclic amines) is 2. The molecule has 3 rings (SSSR count). The summed E-state index contributed by atoms with van der Waals surface area (Å²) in [5.74, 6) is 2.09. The molecule has 2 aliphatic heterocycles. The Hall–Kier alpha value is -1.40. The van der Waals surface area contributed by atoms with Gasteiger partial charge in [-0.1, -0.05) is 6.92 Å². The summed E-state index contributed by atoms with van der Waals surface area (Å²) < 4.78 is 5.72. The summed E-state index contributed by atoms with van der Waals surface area (Å²) in [6.45, 7) is 7.75. The molecule has 0 radical (unpaired) electrons. The van der Waals surface area contributed by atoms with Crippen LogP contribution in [-0.4, -0.2) is 71.4 Å². The molecule has 1 aromatic heterocycles. The molecule has 0 aliphatic carbocycles. The fourth-order valence-corrected chi connectivity index (χ4v) is 3.86. The average molecular weight is 348 g/mol. The van der Waals surface area contributed by atoms with E-state index in [0.717, 1.165) is 63.8 Å². The molecular weight excluding hydrogens is 316 g/mol. The van der Waals surface area contributed by atoms with Crippen LogP contribution in [0.25, 0.3) is 0 Å². The van der Waals surface area contributed by atoms with Crippen molar-refractivity contribution >= 4 is 5.91 Å². The fraction of sp³-hybridized carbons (Fsp3) is 0.789. The normalized spacial score (nSPS) is 22.0. The number of amides is 1. The Kier molecular flexibility index (Phi) is 6.48. The molecule has 0 spiro atoms. The van der Waals surface area contributed by atoms with E-state index in [9.17, 15) is 4.79 Å². The minimum absolute atomic E-state index is 0.336. The summed E-state index contributed by atoms with van der Waals surface area (Å²) in [5, 5.41) is 0. The van der Waals surface area contributed by atoms with Crippen molar-refractivity contribution in [2.24, 2.45) is 0 Å². The zero-order valence-electron chi connectivity index (χ0n) is 15.7. The molecule has 140 valence electrons. The molecule has 0 bridgehead atoms. The number of piperidine rings is 1. The SMILES string of the molecule is CCc1cnc(CN(C)C2CCN(CCC(=O)N3CCCCC3)C2)o1. The van der Waals surface area contributed by atoms with Crippen LogP contribution in [0.2, 0.25) is 0 Å². The van der Waals surface area contributed by atoms with Crippen LogP contribution in [0.5, 0.6) is 0 Å². The number of carbonyl (C=O) groups is 1. The number of aryl methyl sites for hydroxylation is 1. The van der Waals surface area contributed by atoms with Gasteiger partial charge in [0.25, 0.3) is 0 Å². The van der Waals surface area contributed by atoms with Gasteiger partial charge in [-0.25, -0.2) is 4.98 Å². The van der Waals surface area contributed by atoms with Crippen LogP contribution in [0.1, 0.15) is 50.7 Å². The van der Waals surface area contributed by atoms with Crippen molar-refractivity contribution in [1.82, 2.24) is 19.7 Å². The minimum atomic E-state index is 0.336. The summed E-state index contributed by atoms with van der Waals surface area (Å²) >= 11 is 0. The standard InChI is InChI=1S/C19H32N4O2/c1-3-17-13-20-18(25-17)15-21(2)16-7-11-22(14-16)12-8-19(24)23-9-5-4-6-10-23/h13,16H,3-12,14-15H2,1-2H3. The number of hydrogen-bond acceptors (Lipinski definition) is 5. The van der Waals surface area contributed by atoms with E-state index >= 15 is 0 Å². The van der Waals surface area contributed by atoms with E-state index in [1.54, 1.807) is 0 Å². The summed E-state index contributed by atoms with van der Waals surface area (Å²) in [6.07, 6.45) is 8.14. The predicted octanol–water partition coefficient (Wildman–Crippen LogP) is 2.15. The van der Waals surface area contributed by atoms with Gasteiger partial charge in [0.2, 0.25) is 11.8 Å². The second kappa shape index (κ2) is 8.81. The van der Waals surface area contributed by atoms with Gasteiger partial charge in [-0.15, -0.1) is 0 Å². The fourth-order valence-electron chi connectivity index (χ4n) is 3.86. The zero-order valence-corrected chi connectivity index (χ0v) is 15.7. The molecule has 2 fully saturated rings. The molecule has 1 amide bonds. The Balaban J connectivity index is 1.39. The molecule has 1 atom stereocenters. The highest BCUT2D eigenvalue weighted by atomic mass is 16.4. The first kappa shape index (κ1) is 18.4. The summed E-state index contributed by atoms with van der Waals surface area (Å²) in [5.41, 5.74) is 0. The predicted molar refractivity (Wildman–Crippen MR) is 97.2 cm³/mol. The second-order valence-corrected chi connectivity index (χ2v) is 7.42. The molecule has 6 heteroatoms. The Morgan fingerprint density at radius 1 is 1.32 bits per heavy atom. The Morgan fingerprint density at radius 3 is 2.84 bits per heavy atom. The molecule has 0 N–H and O–H groups in total. The first-order valence-corrected chi connectivity index (χ1v) is 9.79. The molecule has 0 aromatic carbocycles. The maximum absolute atomic E-state index is 12.3. The number of likely N-dealkylation sites (N-methyl/N-ethyl adjacent to an activating group) is 1. The number of carbonyl (C=O) groups excluding carboxylic acids is 1. The van der Waals surface area contributed by atoms with Crippen LogP contribution >= 0.6 is 0 Å². The average Bonchev–Trinajstić information content (AvgIpc) is 3.29. The van der Waals surface area contributed by atoms with E-state index in [2.05, 4.69) is 33.7 Å². The number of nitrogens with zero attached hydrogens (tertiary/aromatic N) is 4. The molecular formula is C19H32N4O2. The molecule has 25 heavy (non-hydrogen) atoms. The molecule has 1 unspecified atom stereocenters. The third-order valence-corrected chi connectivity index (χ3v) is 5.56. The lowest BCUT2D eigenvalue weighted by Gasteiger charge is -2.28. The first-order valence-electron chi connectivity index (χ1n) is 9.79. The molecule has 1 aromatic rings. The van der Waals surface area contributed by atoms with Gasteiger partial charge in [-0.3, -0.25) is 9.69 Å². The lowest BCUT2D eigenvalue weighted by Crippen LogP contribution is -2.38. The monoisotopic (exact) mass is 348 g/mol. The minimum Gasteiger partial charge on any atom is -0.444 e. The molecule has 2 aliphatic rings. The smallest absolute Gasteiger partial charge is 0.223 e. The molecule has 2 saturated heterocycles. The molecule has 3 heterocycles.